The Kier molecular flexibility index (Phi) is 6.48. The lowest BCUT2D eigenvalue weighted by Gasteiger charge is -2.09. The number of hydrogen-bond donors (Lipinski definition) is 1. The smallest absolute Gasteiger partial charge is 0.338 e. The number of amides is 1. The summed E-state index contributed by atoms with van der Waals surface area (Å²) < 4.78 is 41.3. The number of carbonyl (C=O) groups is 2. The summed E-state index contributed by atoms with van der Waals surface area (Å²) in [5.74, 6) is -2.06. The molecule has 0 aliphatic heterocycles. The Labute approximate surface area is 148 Å². The van der Waals surface area contributed by atoms with E-state index in [-0.39, 0.29) is 17.7 Å². The molecule has 0 spiro atoms. The molecule has 0 saturated carbocycles. The van der Waals surface area contributed by atoms with Crippen LogP contribution in [0.4, 0.5) is 8.78 Å². The summed E-state index contributed by atoms with van der Waals surface area (Å²) in [5.41, 5.74) is 0.266. The van der Waals surface area contributed by atoms with Crippen LogP contribution >= 0.6 is 0 Å². The summed E-state index contributed by atoms with van der Waals surface area (Å²) in [4.78, 5) is 23.8. The lowest BCUT2D eigenvalue weighted by atomic mass is 10.2. The van der Waals surface area contributed by atoms with Gasteiger partial charge in [0.05, 0.1) is 19.8 Å². The van der Waals surface area contributed by atoms with Gasteiger partial charge in [-0.3, -0.25) is 4.79 Å². The molecule has 0 aliphatic rings. The summed E-state index contributed by atoms with van der Waals surface area (Å²) >= 11 is 0. The van der Waals surface area contributed by atoms with Crippen molar-refractivity contribution in [2.24, 2.45) is 0 Å². The number of carbonyl (C=O) groups excluding carboxylic acids is 2. The fourth-order valence-corrected chi connectivity index (χ4v) is 2.05. The van der Waals surface area contributed by atoms with E-state index in [0.29, 0.717) is 11.5 Å². The van der Waals surface area contributed by atoms with Crippen LogP contribution in [0.25, 0.3) is 0 Å². The van der Waals surface area contributed by atoms with Crippen molar-refractivity contribution in [2.45, 2.75) is 6.54 Å². The SMILES string of the molecule is COc1cc(OC)cc(C(=O)OCC(=O)NCc2ccc(F)cc2F)c1. The Morgan fingerprint density at radius 3 is 2.23 bits per heavy atom. The molecule has 0 aromatic heterocycles. The van der Waals surface area contributed by atoms with Crippen LogP contribution in [0.1, 0.15) is 15.9 Å². The van der Waals surface area contributed by atoms with E-state index in [1.165, 1.54) is 32.4 Å². The Bertz CT molecular complexity index is 788. The molecular weight excluding hydrogens is 348 g/mol. The highest BCUT2D eigenvalue weighted by Crippen LogP contribution is 2.22. The minimum absolute atomic E-state index is 0.114. The van der Waals surface area contributed by atoms with Crippen LogP contribution in [0.2, 0.25) is 0 Å². The standard InChI is InChI=1S/C18H17F2NO5/c1-24-14-5-12(6-15(8-14)25-2)18(23)26-10-17(22)21-9-11-3-4-13(19)7-16(11)20/h3-8H,9-10H2,1-2H3,(H,21,22). The van der Waals surface area contributed by atoms with E-state index in [1.54, 1.807) is 6.07 Å². The predicted octanol–water partition coefficient (Wildman–Crippen LogP) is 2.46. The predicted molar refractivity (Wildman–Crippen MR) is 88.0 cm³/mol. The van der Waals surface area contributed by atoms with Gasteiger partial charge in [-0.15, -0.1) is 0 Å². The van der Waals surface area contributed by atoms with Gasteiger partial charge in [-0.1, -0.05) is 6.07 Å². The fourth-order valence-electron chi connectivity index (χ4n) is 2.05. The zero-order chi connectivity index (χ0) is 19.1. The van der Waals surface area contributed by atoms with Gasteiger partial charge in [0.25, 0.3) is 5.91 Å². The number of halogens is 2. The second-order valence-corrected chi connectivity index (χ2v) is 5.19. The number of ether oxygens (including phenoxy) is 3. The molecule has 2 rings (SSSR count). The summed E-state index contributed by atoms with van der Waals surface area (Å²) in [6, 6.07) is 7.49. The third-order valence-corrected chi connectivity index (χ3v) is 3.41. The van der Waals surface area contributed by atoms with Crippen molar-refractivity contribution in [2.75, 3.05) is 20.8 Å². The van der Waals surface area contributed by atoms with E-state index in [0.717, 1.165) is 12.1 Å². The molecule has 8 heteroatoms. The van der Waals surface area contributed by atoms with Crippen molar-refractivity contribution in [3.8, 4) is 11.5 Å². The average Bonchev–Trinajstić information content (AvgIpc) is 2.64. The molecule has 0 atom stereocenters. The lowest BCUT2D eigenvalue weighted by molar-refractivity contribution is -0.124. The van der Waals surface area contributed by atoms with Crippen molar-refractivity contribution in [1.82, 2.24) is 5.32 Å². The first-order valence-corrected chi connectivity index (χ1v) is 7.53. The van der Waals surface area contributed by atoms with Gasteiger partial charge in [0, 0.05) is 24.2 Å². The summed E-state index contributed by atoms with van der Waals surface area (Å²) in [5, 5.41) is 2.38. The van der Waals surface area contributed by atoms with E-state index in [1.807, 2.05) is 0 Å². The minimum atomic E-state index is -0.772. The maximum Gasteiger partial charge on any atom is 0.338 e. The molecule has 0 bridgehead atoms. The number of rotatable bonds is 7. The number of nitrogens with one attached hydrogen (secondary N) is 1. The van der Waals surface area contributed by atoms with Gasteiger partial charge in [-0.2, -0.15) is 0 Å². The Balaban J connectivity index is 1.89. The van der Waals surface area contributed by atoms with Crippen LogP contribution in [0, 0.1) is 11.6 Å². The third-order valence-electron chi connectivity index (χ3n) is 3.41. The van der Waals surface area contributed by atoms with Crippen molar-refractivity contribution < 1.29 is 32.6 Å². The second kappa shape index (κ2) is 8.80. The monoisotopic (exact) mass is 365 g/mol. The van der Waals surface area contributed by atoms with Crippen LogP contribution in [-0.4, -0.2) is 32.7 Å². The highest BCUT2D eigenvalue weighted by Gasteiger charge is 2.13. The summed E-state index contributed by atoms with van der Waals surface area (Å²) in [6.45, 7) is -0.712. The molecule has 26 heavy (non-hydrogen) atoms. The summed E-state index contributed by atoms with van der Waals surface area (Å²) in [7, 11) is 2.87. The highest BCUT2D eigenvalue weighted by molar-refractivity contribution is 5.92. The zero-order valence-electron chi connectivity index (χ0n) is 14.2. The van der Waals surface area contributed by atoms with Gasteiger partial charge in [-0.25, -0.2) is 13.6 Å². The Morgan fingerprint density at radius 2 is 1.65 bits per heavy atom. The van der Waals surface area contributed by atoms with Crippen molar-refractivity contribution >= 4 is 11.9 Å². The first-order valence-electron chi connectivity index (χ1n) is 7.53. The Hall–Kier alpha value is -3.16. The molecule has 2 aromatic carbocycles. The van der Waals surface area contributed by atoms with E-state index in [2.05, 4.69) is 5.32 Å². The van der Waals surface area contributed by atoms with Crippen LogP contribution < -0.4 is 14.8 Å². The van der Waals surface area contributed by atoms with Gasteiger partial charge in [0.15, 0.2) is 6.61 Å². The van der Waals surface area contributed by atoms with Gasteiger partial charge in [-0.05, 0) is 18.2 Å². The molecule has 0 unspecified atom stereocenters. The molecule has 138 valence electrons. The maximum absolute atomic E-state index is 13.5. The maximum atomic E-state index is 13.5. The van der Waals surface area contributed by atoms with E-state index in [9.17, 15) is 18.4 Å². The topological polar surface area (TPSA) is 73.9 Å². The van der Waals surface area contributed by atoms with E-state index in [4.69, 9.17) is 14.2 Å². The quantitative estimate of drug-likeness (QED) is 0.763. The van der Waals surface area contributed by atoms with Gasteiger partial charge >= 0.3 is 5.97 Å². The molecular formula is C18H17F2NO5. The normalized spacial score (nSPS) is 10.2. The number of hydrogen-bond acceptors (Lipinski definition) is 5. The third kappa shape index (κ3) is 5.17. The molecule has 2 aromatic rings. The lowest BCUT2D eigenvalue weighted by Crippen LogP contribution is -2.28. The van der Waals surface area contributed by atoms with Crippen LogP contribution in [0.5, 0.6) is 11.5 Å². The molecule has 0 saturated heterocycles. The van der Waals surface area contributed by atoms with Crippen LogP contribution in [-0.2, 0) is 16.1 Å². The fraction of sp³-hybridized carbons (Fsp3) is 0.222. The number of esters is 1. The molecule has 1 N–H and O–H groups in total. The molecule has 0 fully saturated rings. The van der Waals surface area contributed by atoms with Gasteiger partial charge in [0.2, 0.25) is 0 Å². The first-order chi connectivity index (χ1) is 12.4. The highest BCUT2D eigenvalue weighted by atomic mass is 19.1. The minimum Gasteiger partial charge on any atom is -0.497 e. The van der Waals surface area contributed by atoms with E-state index < -0.39 is 30.1 Å². The molecule has 6 nitrogen and oxygen atoms in total. The molecule has 0 aliphatic carbocycles. The second-order valence-electron chi connectivity index (χ2n) is 5.19. The molecule has 0 radical (unpaired) electrons. The van der Waals surface area contributed by atoms with Gasteiger partial charge < -0.3 is 19.5 Å². The first kappa shape index (κ1) is 19.2. The van der Waals surface area contributed by atoms with Crippen molar-refractivity contribution in [3.63, 3.8) is 0 Å². The average molecular weight is 365 g/mol. The van der Waals surface area contributed by atoms with Gasteiger partial charge in [0.1, 0.15) is 23.1 Å². The number of benzene rings is 2. The molecule has 1 amide bonds. The zero-order valence-corrected chi connectivity index (χ0v) is 14.2. The Morgan fingerprint density at radius 1 is 1.00 bits per heavy atom. The number of methoxy groups -OCH3 is 2. The van der Waals surface area contributed by atoms with Crippen LogP contribution in [0.15, 0.2) is 36.4 Å². The summed E-state index contributed by atoms with van der Waals surface area (Å²) in [6.07, 6.45) is 0. The van der Waals surface area contributed by atoms with Crippen molar-refractivity contribution in [3.05, 3.63) is 59.2 Å². The largest absolute Gasteiger partial charge is 0.497 e. The van der Waals surface area contributed by atoms with Crippen LogP contribution in [0.3, 0.4) is 0 Å². The van der Waals surface area contributed by atoms with Crippen molar-refractivity contribution in [1.29, 1.82) is 0 Å². The molecule has 0 heterocycles. The van der Waals surface area contributed by atoms with E-state index >= 15 is 0 Å².